The Morgan fingerprint density at radius 1 is 1.15 bits per heavy atom. The molecule has 2 aromatic carbocycles. The zero-order valence-electron chi connectivity index (χ0n) is 14.9. The van der Waals surface area contributed by atoms with Gasteiger partial charge >= 0.3 is 0 Å². The molecule has 0 fully saturated rings. The molecule has 0 unspecified atom stereocenters. The molecule has 2 N–H and O–H groups in total. The highest BCUT2D eigenvalue weighted by Gasteiger charge is 2.30. The lowest BCUT2D eigenvalue weighted by molar-refractivity contribution is 0.140. The minimum Gasteiger partial charge on any atom is -0.391 e. The van der Waals surface area contributed by atoms with E-state index in [1.807, 2.05) is 30.7 Å². The summed E-state index contributed by atoms with van der Waals surface area (Å²) in [5.74, 6) is -0.258. The highest BCUT2D eigenvalue weighted by atomic mass is 19.1. The molecule has 3 aromatic rings. The molecular weight excluding hydrogens is 329 g/mol. The first-order valence-corrected chi connectivity index (χ1v) is 8.85. The van der Waals surface area contributed by atoms with Gasteiger partial charge in [0.1, 0.15) is 5.82 Å². The van der Waals surface area contributed by atoms with Crippen molar-refractivity contribution >= 4 is 0 Å². The highest BCUT2D eigenvalue weighted by molar-refractivity contribution is 5.39. The van der Waals surface area contributed by atoms with E-state index in [1.54, 1.807) is 12.1 Å². The number of nitrogens with one attached hydrogen (secondary N) is 1. The van der Waals surface area contributed by atoms with Gasteiger partial charge in [-0.2, -0.15) is 5.10 Å². The molecule has 0 saturated heterocycles. The van der Waals surface area contributed by atoms with Crippen LogP contribution in [0.3, 0.4) is 0 Å². The van der Waals surface area contributed by atoms with E-state index in [-0.39, 0.29) is 11.9 Å². The van der Waals surface area contributed by atoms with E-state index in [4.69, 9.17) is 0 Å². The lowest BCUT2D eigenvalue weighted by Gasteiger charge is -2.18. The molecule has 134 valence electrons. The summed E-state index contributed by atoms with van der Waals surface area (Å²) in [5.41, 5.74) is 6.26. The summed E-state index contributed by atoms with van der Waals surface area (Å²) in [5, 5.41) is 18.5. The first-order chi connectivity index (χ1) is 12.5. The first-order valence-electron chi connectivity index (χ1n) is 8.85. The first kappa shape index (κ1) is 16.9. The summed E-state index contributed by atoms with van der Waals surface area (Å²) in [6.45, 7) is 4.61. The monoisotopic (exact) mass is 351 g/mol. The summed E-state index contributed by atoms with van der Waals surface area (Å²) < 4.78 is 15.0. The topological polar surface area (TPSA) is 50.1 Å². The number of nitrogens with zero attached hydrogens (tertiary/aromatic N) is 2. The van der Waals surface area contributed by atoms with Crippen molar-refractivity contribution in [2.24, 2.45) is 0 Å². The van der Waals surface area contributed by atoms with Gasteiger partial charge in [0.05, 0.1) is 23.5 Å². The summed E-state index contributed by atoms with van der Waals surface area (Å²) in [4.78, 5) is 0. The van der Waals surface area contributed by atoms with Crippen molar-refractivity contribution in [3.8, 4) is 5.69 Å². The zero-order chi connectivity index (χ0) is 18.3. The molecular formula is C21H22FN3O. The van der Waals surface area contributed by atoms with Gasteiger partial charge < -0.3 is 10.4 Å². The second kappa shape index (κ2) is 6.67. The lowest BCUT2D eigenvalue weighted by atomic mass is 10.1. The molecule has 1 aromatic heterocycles. The summed E-state index contributed by atoms with van der Waals surface area (Å²) in [6.07, 6.45) is 0.265. The molecule has 1 aliphatic carbocycles. The van der Waals surface area contributed by atoms with Crippen LogP contribution in [0.2, 0.25) is 0 Å². The van der Waals surface area contributed by atoms with E-state index in [1.165, 1.54) is 23.3 Å². The van der Waals surface area contributed by atoms with Crippen LogP contribution in [0.15, 0.2) is 48.5 Å². The Bertz CT molecular complexity index is 933. The van der Waals surface area contributed by atoms with Crippen molar-refractivity contribution in [3.63, 3.8) is 0 Å². The Morgan fingerprint density at radius 2 is 1.88 bits per heavy atom. The van der Waals surface area contributed by atoms with Gasteiger partial charge in [-0.25, -0.2) is 9.07 Å². The molecule has 4 nitrogen and oxygen atoms in total. The number of aryl methyl sites for hydroxylation is 1. The Balaban J connectivity index is 1.57. The fourth-order valence-electron chi connectivity index (χ4n) is 3.80. The maximum atomic E-state index is 13.2. The Morgan fingerprint density at radius 3 is 2.65 bits per heavy atom. The van der Waals surface area contributed by atoms with Crippen LogP contribution in [0.25, 0.3) is 5.69 Å². The maximum Gasteiger partial charge on any atom is 0.123 e. The third-order valence-corrected chi connectivity index (χ3v) is 5.22. The van der Waals surface area contributed by atoms with E-state index in [2.05, 4.69) is 22.5 Å². The van der Waals surface area contributed by atoms with E-state index >= 15 is 0 Å². The number of aliphatic hydroxyl groups is 1. The fraction of sp³-hybridized carbons (Fsp3) is 0.286. The smallest absolute Gasteiger partial charge is 0.123 e. The molecule has 0 aliphatic heterocycles. The van der Waals surface area contributed by atoms with Gasteiger partial charge in [0.15, 0.2) is 0 Å². The van der Waals surface area contributed by atoms with Crippen LogP contribution in [-0.4, -0.2) is 21.0 Å². The average Bonchev–Trinajstić information content (AvgIpc) is 3.10. The number of benzene rings is 2. The van der Waals surface area contributed by atoms with Crippen molar-refractivity contribution in [3.05, 3.63) is 82.4 Å². The van der Waals surface area contributed by atoms with Crippen LogP contribution in [0.4, 0.5) is 4.39 Å². The summed E-state index contributed by atoms with van der Waals surface area (Å²) in [7, 11) is 0. The molecule has 0 amide bonds. The van der Waals surface area contributed by atoms with Gasteiger partial charge in [-0.1, -0.05) is 24.3 Å². The normalized spacial score (nSPS) is 18.9. The zero-order valence-corrected chi connectivity index (χ0v) is 14.9. The fourth-order valence-corrected chi connectivity index (χ4v) is 3.80. The third kappa shape index (κ3) is 2.93. The van der Waals surface area contributed by atoms with Gasteiger partial charge in [-0.3, -0.25) is 0 Å². The molecule has 1 aliphatic rings. The highest BCUT2D eigenvalue weighted by Crippen LogP contribution is 2.31. The minimum absolute atomic E-state index is 0.0702. The molecule has 1 heterocycles. The van der Waals surface area contributed by atoms with Crippen LogP contribution in [-0.2, 0) is 13.0 Å². The Kier molecular flexibility index (Phi) is 4.34. The third-order valence-electron chi connectivity index (χ3n) is 5.22. The summed E-state index contributed by atoms with van der Waals surface area (Å²) in [6, 6.07) is 14.4. The van der Waals surface area contributed by atoms with Gasteiger partial charge in [0.25, 0.3) is 0 Å². The van der Waals surface area contributed by atoms with Gasteiger partial charge in [-0.05, 0) is 49.2 Å². The summed E-state index contributed by atoms with van der Waals surface area (Å²) >= 11 is 0. The number of halogens is 1. The molecule has 26 heavy (non-hydrogen) atoms. The lowest BCUT2D eigenvalue weighted by Crippen LogP contribution is -2.28. The van der Waals surface area contributed by atoms with E-state index in [9.17, 15) is 9.50 Å². The molecule has 2 atom stereocenters. The number of fused-ring (bicyclic) bond motifs is 1. The molecule has 0 spiro atoms. The predicted octanol–water partition coefficient (Wildman–Crippen LogP) is 3.38. The molecule has 0 radical (unpaired) electrons. The Labute approximate surface area is 152 Å². The number of hydrogen-bond donors (Lipinski definition) is 2. The van der Waals surface area contributed by atoms with Crippen molar-refractivity contribution in [1.82, 2.24) is 15.1 Å². The molecule has 5 heteroatoms. The molecule has 0 bridgehead atoms. The standard InChI is InChI=1S/C21H22FN3O/c1-13-19(14(2)25(24-13)17-9-7-16(22)8-10-17)12-23-21-18-6-4-3-5-15(18)11-20(21)26/h3-10,20-21,23,26H,11-12H2,1-2H3/t20-,21+/m0/s1. The van der Waals surface area contributed by atoms with Crippen LogP contribution in [0, 0.1) is 19.7 Å². The van der Waals surface area contributed by atoms with E-state index in [0.29, 0.717) is 13.0 Å². The SMILES string of the molecule is Cc1nn(-c2ccc(F)cc2)c(C)c1CN[C@@H]1c2ccccc2C[C@@H]1O. The number of hydrogen-bond acceptors (Lipinski definition) is 3. The maximum absolute atomic E-state index is 13.2. The van der Waals surface area contributed by atoms with Crippen LogP contribution >= 0.6 is 0 Å². The van der Waals surface area contributed by atoms with Crippen molar-refractivity contribution in [2.75, 3.05) is 0 Å². The van der Waals surface area contributed by atoms with Crippen molar-refractivity contribution in [1.29, 1.82) is 0 Å². The van der Waals surface area contributed by atoms with Crippen LogP contribution in [0.1, 0.15) is 34.1 Å². The minimum atomic E-state index is -0.417. The largest absolute Gasteiger partial charge is 0.391 e. The van der Waals surface area contributed by atoms with Crippen LogP contribution in [0.5, 0.6) is 0 Å². The van der Waals surface area contributed by atoms with E-state index in [0.717, 1.165) is 22.6 Å². The average molecular weight is 351 g/mol. The van der Waals surface area contributed by atoms with Gasteiger partial charge in [-0.15, -0.1) is 0 Å². The van der Waals surface area contributed by atoms with Crippen molar-refractivity contribution in [2.45, 2.75) is 39.0 Å². The Hall–Kier alpha value is -2.50. The number of rotatable bonds is 4. The second-order valence-corrected chi connectivity index (χ2v) is 6.87. The molecule has 4 rings (SSSR count). The van der Waals surface area contributed by atoms with Crippen molar-refractivity contribution < 1.29 is 9.50 Å². The van der Waals surface area contributed by atoms with Crippen LogP contribution < -0.4 is 5.32 Å². The van der Waals surface area contributed by atoms with Gasteiger partial charge in [0, 0.05) is 24.2 Å². The number of aromatic nitrogens is 2. The van der Waals surface area contributed by atoms with Gasteiger partial charge in [0.2, 0.25) is 0 Å². The second-order valence-electron chi connectivity index (χ2n) is 6.87. The number of aliphatic hydroxyl groups excluding tert-OH is 1. The quantitative estimate of drug-likeness (QED) is 0.758. The van der Waals surface area contributed by atoms with E-state index < -0.39 is 6.10 Å². The molecule has 0 saturated carbocycles. The predicted molar refractivity (Wildman–Crippen MR) is 98.7 cm³/mol.